The van der Waals surface area contributed by atoms with Crippen molar-refractivity contribution in [1.82, 2.24) is 0 Å². The van der Waals surface area contributed by atoms with Crippen LogP contribution in [0.4, 0.5) is 0 Å². The minimum absolute atomic E-state index is 0.0561. The molecular formula is C31H52O3. The molecule has 34 heavy (non-hydrogen) atoms. The molecule has 0 N–H and O–H groups in total. The van der Waals surface area contributed by atoms with Gasteiger partial charge in [0.25, 0.3) is 0 Å². The highest BCUT2D eigenvalue weighted by atomic mass is 16.5. The van der Waals surface area contributed by atoms with Gasteiger partial charge in [-0.2, -0.15) is 0 Å². The van der Waals surface area contributed by atoms with Gasteiger partial charge in [0, 0.05) is 19.3 Å². The molecule has 4 rings (SSSR count). The van der Waals surface area contributed by atoms with E-state index in [1.165, 1.54) is 51.9 Å². The van der Waals surface area contributed by atoms with E-state index in [4.69, 9.17) is 4.74 Å². The molecule has 1 unspecified atom stereocenters. The monoisotopic (exact) mass is 472 g/mol. The van der Waals surface area contributed by atoms with Gasteiger partial charge in [-0.1, -0.05) is 54.4 Å². The predicted molar refractivity (Wildman–Crippen MR) is 138 cm³/mol. The summed E-state index contributed by atoms with van der Waals surface area (Å²) in [4.78, 5) is 25.1. The van der Waals surface area contributed by atoms with Crippen LogP contribution in [0.3, 0.4) is 0 Å². The Kier molecular flexibility index (Phi) is 7.62. The topological polar surface area (TPSA) is 43.4 Å². The molecule has 10 atom stereocenters. The maximum absolute atomic E-state index is 13.6. The van der Waals surface area contributed by atoms with Crippen molar-refractivity contribution < 1.29 is 14.3 Å². The van der Waals surface area contributed by atoms with Crippen molar-refractivity contribution in [2.45, 2.75) is 125 Å². The van der Waals surface area contributed by atoms with Crippen LogP contribution < -0.4 is 0 Å². The minimum atomic E-state index is -0.201. The molecule has 0 bridgehead atoms. The number of carbonyl (C=O) groups is 2. The van der Waals surface area contributed by atoms with E-state index in [2.05, 4.69) is 41.5 Å². The zero-order valence-corrected chi connectivity index (χ0v) is 23.2. The molecule has 4 saturated carbocycles. The lowest BCUT2D eigenvalue weighted by Crippen LogP contribution is -2.57. The molecule has 3 heteroatoms. The number of ketones is 1. The Balaban J connectivity index is 1.47. The number of fused-ring (bicyclic) bond motifs is 5. The van der Waals surface area contributed by atoms with Gasteiger partial charge in [0.05, 0.1) is 0 Å². The third-order valence-electron chi connectivity index (χ3n) is 12.0. The Morgan fingerprint density at radius 2 is 1.68 bits per heavy atom. The van der Waals surface area contributed by atoms with Crippen LogP contribution in [0.2, 0.25) is 0 Å². The Morgan fingerprint density at radius 3 is 2.32 bits per heavy atom. The first-order valence-corrected chi connectivity index (χ1v) is 14.7. The number of Topliss-reactive ketones (excluding diaryl/α,β-unsaturated/α-hetero) is 1. The zero-order valence-electron chi connectivity index (χ0n) is 23.2. The molecule has 0 amide bonds. The smallest absolute Gasteiger partial charge is 0.302 e. The van der Waals surface area contributed by atoms with Crippen LogP contribution in [0.15, 0.2) is 0 Å². The summed E-state index contributed by atoms with van der Waals surface area (Å²) in [6, 6.07) is 0. The van der Waals surface area contributed by atoms with Gasteiger partial charge in [-0.05, 0) is 104 Å². The summed E-state index contributed by atoms with van der Waals surface area (Å²) in [5, 5.41) is 0. The second-order valence-electron chi connectivity index (χ2n) is 13.8. The summed E-state index contributed by atoms with van der Waals surface area (Å²) in [7, 11) is 0. The third-order valence-corrected chi connectivity index (χ3v) is 12.0. The molecule has 0 radical (unpaired) electrons. The number of ether oxygens (including phenoxy) is 1. The average molecular weight is 473 g/mol. The quantitative estimate of drug-likeness (QED) is 0.354. The molecule has 194 valence electrons. The standard InChI is InChI=1S/C31H52O3/c1-8-22(19(2)3)10-9-20(4)25-11-12-26-24-18-29(33)28-17-23(34-21(5)32)13-15-31(28,7)27(24)14-16-30(25,26)6/h19-20,22-28H,8-18H2,1-7H3/t20-,22+,23?,24+,25-,26+,27+,28-,30-,31-/m1/s1. The molecule has 0 aromatic rings. The highest BCUT2D eigenvalue weighted by Gasteiger charge is 2.62. The Labute approximate surface area is 209 Å². The first-order valence-electron chi connectivity index (χ1n) is 14.7. The number of hydrogen-bond acceptors (Lipinski definition) is 3. The van der Waals surface area contributed by atoms with Crippen molar-refractivity contribution >= 4 is 11.8 Å². The Hall–Kier alpha value is -0.860. The summed E-state index contributed by atoms with van der Waals surface area (Å²) >= 11 is 0. The predicted octanol–water partition coefficient (Wildman–Crippen LogP) is 7.85. The Bertz CT molecular complexity index is 758. The fourth-order valence-corrected chi connectivity index (χ4v) is 10.0. The Morgan fingerprint density at radius 1 is 1.00 bits per heavy atom. The number of hydrogen-bond donors (Lipinski definition) is 0. The SMILES string of the molecule is CC[C@@H](CC[C@@H](C)[C@H]1CC[C@H]2[C@@H]3CC(=O)[C@H]4CC(OC(C)=O)CC[C@]4(C)[C@H]3CC[C@]12C)C(C)C. The van der Waals surface area contributed by atoms with Gasteiger partial charge in [0.2, 0.25) is 0 Å². The number of carbonyl (C=O) groups excluding carboxylic acids is 2. The first-order chi connectivity index (χ1) is 16.0. The maximum Gasteiger partial charge on any atom is 0.302 e. The molecule has 0 heterocycles. The first kappa shape index (κ1) is 26.2. The lowest BCUT2D eigenvalue weighted by Gasteiger charge is -2.60. The second-order valence-corrected chi connectivity index (χ2v) is 13.8. The van der Waals surface area contributed by atoms with Crippen LogP contribution in [0, 0.1) is 58.2 Å². The lowest BCUT2D eigenvalue weighted by atomic mass is 9.44. The second kappa shape index (κ2) is 9.89. The van der Waals surface area contributed by atoms with Crippen LogP contribution in [-0.4, -0.2) is 17.9 Å². The molecule has 4 aliphatic carbocycles. The summed E-state index contributed by atoms with van der Waals surface area (Å²) in [6.45, 7) is 16.2. The van der Waals surface area contributed by atoms with E-state index in [1.807, 2.05) is 0 Å². The van der Waals surface area contributed by atoms with Crippen molar-refractivity contribution in [3.63, 3.8) is 0 Å². The molecule has 3 nitrogen and oxygen atoms in total. The molecule has 4 fully saturated rings. The molecule has 0 aromatic carbocycles. The van der Waals surface area contributed by atoms with Crippen LogP contribution in [0.5, 0.6) is 0 Å². The van der Waals surface area contributed by atoms with Crippen molar-refractivity contribution in [3.8, 4) is 0 Å². The largest absolute Gasteiger partial charge is 0.463 e. The van der Waals surface area contributed by atoms with Gasteiger partial charge in [-0.3, -0.25) is 9.59 Å². The van der Waals surface area contributed by atoms with Gasteiger partial charge < -0.3 is 4.74 Å². The van der Waals surface area contributed by atoms with E-state index >= 15 is 0 Å². The minimum Gasteiger partial charge on any atom is -0.463 e. The lowest BCUT2D eigenvalue weighted by molar-refractivity contribution is -0.169. The molecule has 0 saturated heterocycles. The van der Waals surface area contributed by atoms with Crippen LogP contribution in [-0.2, 0) is 14.3 Å². The summed E-state index contributed by atoms with van der Waals surface area (Å²) in [5.41, 5.74) is 0.520. The molecule has 0 aliphatic heterocycles. The van der Waals surface area contributed by atoms with Crippen LogP contribution >= 0.6 is 0 Å². The number of esters is 1. The van der Waals surface area contributed by atoms with E-state index in [9.17, 15) is 9.59 Å². The van der Waals surface area contributed by atoms with Gasteiger partial charge >= 0.3 is 5.97 Å². The highest BCUT2D eigenvalue weighted by molar-refractivity contribution is 5.83. The molecular weight excluding hydrogens is 420 g/mol. The fourth-order valence-electron chi connectivity index (χ4n) is 10.0. The van der Waals surface area contributed by atoms with Crippen molar-refractivity contribution in [3.05, 3.63) is 0 Å². The summed E-state index contributed by atoms with van der Waals surface area (Å²) in [6.07, 6.45) is 12.8. The van der Waals surface area contributed by atoms with Crippen LogP contribution in [0.1, 0.15) is 119 Å². The average Bonchev–Trinajstić information content (AvgIpc) is 3.12. The summed E-state index contributed by atoms with van der Waals surface area (Å²) < 4.78 is 5.57. The maximum atomic E-state index is 13.6. The van der Waals surface area contributed by atoms with E-state index in [0.717, 1.165) is 55.3 Å². The van der Waals surface area contributed by atoms with E-state index < -0.39 is 0 Å². The van der Waals surface area contributed by atoms with Crippen LogP contribution in [0.25, 0.3) is 0 Å². The third kappa shape index (κ3) is 4.52. The molecule has 0 spiro atoms. The van der Waals surface area contributed by atoms with Gasteiger partial charge in [0.1, 0.15) is 11.9 Å². The van der Waals surface area contributed by atoms with Gasteiger partial charge in [0.15, 0.2) is 0 Å². The van der Waals surface area contributed by atoms with E-state index in [-0.39, 0.29) is 23.4 Å². The van der Waals surface area contributed by atoms with Crippen molar-refractivity contribution in [1.29, 1.82) is 0 Å². The number of rotatable bonds is 7. The molecule has 0 aromatic heterocycles. The normalized spacial score (nSPS) is 43.6. The van der Waals surface area contributed by atoms with Gasteiger partial charge in [-0.15, -0.1) is 0 Å². The molecule has 4 aliphatic rings. The van der Waals surface area contributed by atoms with Crippen molar-refractivity contribution in [2.75, 3.05) is 0 Å². The van der Waals surface area contributed by atoms with E-state index in [0.29, 0.717) is 23.0 Å². The van der Waals surface area contributed by atoms with Gasteiger partial charge in [-0.25, -0.2) is 0 Å². The zero-order chi connectivity index (χ0) is 24.8. The van der Waals surface area contributed by atoms with Crippen molar-refractivity contribution in [2.24, 2.45) is 58.2 Å². The fraction of sp³-hybridized carbons (Fsp3) is 0.935. The highest BCUT2D eigenvalue weighted by Crippen LogP contribution is 2.68. The van der Waals surface area contributed by atoms with E-state index in [1.54, 1.807) is 0 Å². The summed E-state index contributed by atoms with van der Waals surface area (Å²) in [5.74, 6) is 5.60.